The van der Waals surface area contributed by atoms with Crippen LogP contribution in [-0.2, 0) is 17.6 Å². The third kappa shape index (κ3) is 5.11. The van der Waals surface area contributed by atoms with E-state index < -0.39 is 29.5 Å². The predicted molar refractivity (Wildman–Crippen MR) is 107 cm³/mol. The molecule has 4 rings (SSSR count). The number of nitrogens with one attached hydrogen (secondary N) is 2. The van der Waals surface area contributed by atoms with Crippen LogP contribution >= 0.6 is 0 Å². The van der Waals surface area contributed by atoms with E-state index in [0.717, 1.165) is 12.1 Å². The van der Waals surface area contributed by atoms with Crippen LogP contribution in [0, 0.1) is 5.92 Å². The van der Waals surface area contributed by atoms with Gasteiger partial charge in [0.15, 0.2) is 5.76 Å². The summed E-state index contributed by atoms with van der Waals surface area (Å²) in [6, 6.07) is 16.9. The minimum atomic E-state index is -4.40. The lowest BCUT2D eigenvalue weighted by molar-refractivity contribution is -0.137. The number of hydrogen-bond acceptors (Lipinski definition) is 4. The number of carbonyl (C=O) groups excluding carboxylic acids is 2. The van der Waals surface area contributed by atoms with Crippen molar-refractivity contribution in [3.8, 4) is 5.75 Å². The van der Waals surface area contributed by atoms with Gasteiger partial charge in [0, 0.05) is 5.92 Å². The van der Waals surface area contributed by atoms with Gasteiger partial charge in [-0.2, -0.15) is 13.2 Å². The van der Waals surface area contributed by atoms with Gasteiger partial charge in [-0.25, -0.2) is 0 Å². The summed E-state index contributed by atoms with van der Waals surface area (Å²) in [5.41, 5.74) is 4.54. The highest BCUT2D eigenvalue weighted by Gasteiger charge is 2.44. The van der Waals surface area contributed by atoms with E-state index in [9.17, 15) is 22.8 Å². The molecule has 2 N–H and O–H groups in total. The van der Waals surface area contributed by atoms with Crippen molar-refractivity contribution in [3.63, 3.8) is 0 Å². The number of halogens is 3. The van der Waals surface area contributed by atoms with Crippen LogP contribution in [0.2, 0.25) is 0 Å². The number of rotatable bonds is 6. The van der Waals surface area contributed by atoms with Crippen molar-refractivity contribution in [2.45, 2.75) is 25.1 Å². The van der Waals surface area contributed by atoms with E-state index in [2.05, 4.69) is 10.9 Å². The Hall–Kier alpha value is -3.75. The molecule has 0 aliphatic heterocycles. The topological polar surface area (TPSA) is 80.6 Å². The summed E-state index contributed by atoms with van der Waals surface area (Å²) < 4.78 is 49.0. The average molecular weight is 444 g/mol. The molecule has 2 atom stereocenters. The first kappa shape index (κ1) is 21.5. The Morgan fingerprint density at radius 1 is 0.969 bits per heavy atom. The molecule has 0 saturated heterocycles. The Kier molecular flexibility index (Phi) is 5.89. The predicted octanol–water partition coefficient (Wildman–Crippen LogP) is 4.44. The quantitative estimate of drug-likeness (QED) is 0.551. The second-order valence-corrected chi connectivity index (χ2v) is 7.38. The molecule has 1 aliphatic carbocycles. The highest BCUT2D eigenvalue weighted by atomic mass is 19.4. The summed E-state index contributed by atoms with van der Waals surface area (Å²) >= 11 is 0. The van der Waals surface area contributed by atoms with Gasteiger partial charge < -0.3 is 9.15 Å². The lowest BCUT2D eigenvalue weighted by atomic mass is 10.1. The normalized spacial score (nSPS) is 17.5. The number of amides is 2. The van der Waals surface area contributed by atoms with E-state index in [1.165, 1.54) is 18.2 Å². The molecule has 0 spiro atoms. The Morgan fingerprint density at radius 3 is 2.38 bits per heavy atom. The Labute approximate surface area is 181 Å². The van der Waals surface area contributed by atoms with E-state index in [0.29, 0.717) is 23.5 Å². The molecule has 0 bridgehead atoms. The van der Waals surface area contributed by atoms with E-state index in [1.54, 1.807) is 18.2 Å². The molecule has 1 saturated carbocycles. The number of alkyl halides is 3. The molecule has 9 heteroatoms. The maximum atomic E-state index is 12.7. The molecule has 1 fully saturated rings. The molecule has 32 heavy (non-hydrogen) atoms. The van der Waals surface area contributed by atoms with E-state index in [1.807, 2.05) is 18.2 Å². The van der Waals surface area contributed by atoms with Gasteiger partial charge in [-0.3, -0.25) is 20.4 Å². The molecular weight excluding hydrogens is 425 g/mol. The Morgan fingerprint density at radius 2 is 1.69 bits per heavy atom. The van der Waals surface area contributed by atoms with Crippen molar-refractivity contribution in [2.75, 3.05) is 0 Å². The molecule has 3 aromatic rings. The van der Waals surface area contributed by atoms with Crippen LogP contribution in [0.25, 0.3) is 0 Å². The van der Waals surface area contributed by atoms with Crippen LogP contribution in [-0.4, -0.2) is 11.8 Å². The zero-order valence-corrected chi connectivity index (χ0v) is 16.7. The molecule has 166 valence electrons. The van der Waals surface area contributed by atoms with Crippen molar-refractivity contribution < 1.29 is 31.9 Å². The van der Waals surface area contributed by atoms with Crippen LogP contribution in [0.1, 0.15) is 39.8 Å². The number of benzene rings is 2. The lowest BCUT2D eigenvalue weighted by Gasteiger charge is -2.08. The van der Waals surface area contributed by atoms with Gasteiger partial charge in [-0.1, -0.05) is 30.3 Å². The van der Waals surface area contributed by atoms with Crippen molar-refractivity contribution in [1.82, 2.24) is 10.9 Å². The Balaban J connectivity index is 1.24. The smallest absolute Gasteiger partial charge is 0.416 e. The zero-order chi connectivity index (χ0) is 22.7. The van der Waals surface area contributed by atoms with E-state index in [4.69, 9.17) is 9.15 Å². The summed E-state index contributed by atoms with van der Waals surface area (Å²) in [6.45, 7) is 0.139. The minimum absolute atomic E-state index is 0.00653. The summed E-state index contributed by atoms with van der Waals surface area (Å²) in [6.07, 6.45) is -3.91. The first-order chi connectivity index (χ1) is 15.3. The molecular formula is C23H19F3N2O4. The van der Waals surface area contributed by atoms with Crippen LogP contribution in [0.5, 0.6) is 5.75 Å². The van der Waals surface area contributed by atoms with Crippen LogP contribution < -0.4 is 15.6 Å². The van der Waals surface area contributed by atoms with Gasteiger partial charge >= 0.3 is 12.1 Å². The van der Waals surface area contributed by atoms with Crippen LogP contribution in [0.15, 0.2) is 71.1 Å². The van der Waals surface area contributed by atoms with Crippen molar-refractivity contribution in [2.24, 2.45) is 5.92 Å². The van der Waals surface area contributed by atoms with Crippen molar-refractivity contribution in [3.05, 3.63) is 89.4 Å². The maximum Gasteiger partial charge on any atom is 0.416 e. The second kappa shape index (κ2) is 8.78. The second-order valence-electron chi connectivity index (χ2n) is 7.38. The molecule has 1 heterocycles. The number of carbonyl (C=O) groups is 2. The number of hydrogen-bond donors (Lipinski definition) is 2. The molecule has 0 radical (unpaired) electrons. The van der Waals surface area contributed by atoms with E-state index in [-0.39, 0.29) is 18.3 Å². The largest absolute Gasteiger partial charge is 0.486 e. The van der Waals surface area contributed by atoms with Gasteiger partial charge in [0.25, 0.3) is 0 Å². The van der Waals surface area contributed by atoms with Gasteiger partial charge in [-0.05, 0) is 54.3 Å². The number of para-hydroxylation sites is 1. The maximum absolute atomic E-state index is 12.7. The third-order valence-electron chi connectivity index (χ3n) is 5.10. The van der Waals surface area contributed by atoms with Gasteiger partial charge in [-0.15, -0.1) is 0 Å². The summed E-state index contributed by atoms with van der Waals surface area (Å²) in [4.78, 5) is 24.5. The summed E-state index contributed by atoms with van der Waals surface area (Å²) in [5.74, 6) is -0.535. The van der Waals surface area contributed by atoms with Gasteiger partial charge in [0.05, 0.1) is 5.56 Å². The molecule has 6 nitrogen and oxygen atoms in total. The van der Waals surface area contributed by atoms with Crippen molar-refractivity contribution >= 4 is 11.8 Å². The van der Waals surface area contributed by atoms with Crippen LogP contribution in [0.3, 0.4) is 0 Å². The SMILES string of the molecule is O=C(NNC(=O)C1CC1c1ccc(C(F)(F)F)cc1)c1ccc(COc2ccccc2)o1. The first-order valence-electron chi connectivity index (χ1n) is 9.85. The standard InChI is InChI=1S/C23H19F3N2O4/c24-23(25,26)15-8-6-14(7-9-15)18-12-19(18)21(29)27-28-22(30)20-11-10-17(32-20)13-31-16-4-2-1-3-5-16/h1-11,18-19H,12-13H2,(H,27,29)(H,28,30). The minimum Gasteiger partial charge on any atom is -0.486 e. The summed E-state index contributed by atoms with van der Waals surface area (Å²) in [5, 5.41) is 0. The molecule has 1 aromatic heterocycles. The highest BCUT2D eigenvalue weighted by molar-refractivity contribution is 5.93. The first-order valence-corrected chi connectivity index (χ1v) is 9.85. The summed E-state index contributed by atoms with van der Waals surface area (Å²) in [7, 11) is 0. The van der Waals surface area contributed by atoms with Gasteiger partial charge in [0.1, 0.15) is 18.1 Å². The number of ether oxygens (including phenoxy) is 1. The number of furan rings is 1. The third-order valence-corrected chi connectivity index (χ3v) is 5.10. The monoisotopic (exact) mass is 444 g/mol. The Bertz CT molecular complexity index is 1090. The highest BCUT2D eigenvalue weighted by Crippen LogP contribution is 2.47. The molecule has 2 unspecified atom stereocenters. The molecule has 2 aromatic carbocycles. The fourth-order valence-electron chi connectivity index (χ4n) is 3.29. The molecule has 1 aliphatic rings. The number of hydrazine groups is 1. The molecule has 2 amide bonds. The van der Waals surface area contributed by atoms with Crippen LogP contribution in [0.4, 0.5) is 13.2 Å². The average Bonchev–Trinajstić information content (AvgIpc) is 3.45. The zero-order valence-electron chi connectivity index (χ0n) is 16.7. The van der Waals surface area contributed by atoms with Gasteiger partial charge in [0.2, 0.25) is 5.91 Å². The van der Waals surface area contributed by atoms with Crippen molar-refractivity contribution in [1.29, 1.82) is 0 Å². The fourth-order valence-corrected chi connectivity index (χ4v) is 3.29. The van der Waals surface area contributed by atoms with E-state index >= 15 is 0 Å². The fraction of sp³-hybridized carbons (Fsp3) is 0.217. The lowest BCUT2D eigenvalue weighted by Crippen LogP contribution is -2.42.